The van der Waals surface area contributed by atoms with Gasteiger partial charge in [0.25, 0.3) is 0 Å². The molecule has 0 saturated heterocycles. The van der Waals surface area contributed by atoms with Crippen LogP contribution < -0.4 is 11.1 Å². The van der Waals surface area contributed by atoms with Crippen LogP contribution in [0.2, 0.25) is 4.34 Å². The van der Waals surface area contributed by atoms with Crippen molar-refractivity contribution in [2.24, 2.45) is 0 Å². The number of benzene rings is 1. The van der Waals surface area contributed by atoms with E-state index < -0.39 is 0 Å². The minimum Gasteiger partial charge on any atom is -0.399 e. The van der Waals surface area contributed by atoms with E-state index in [4.69, 9.17) is 17.3 Å². The maximum Gasteiger partial charge on any atom is 0.0931 e. The zero-order valence-corrected chi connectivity index (χ0v) is 10.5. The summed E-state index contributed by atoms with van der Waals surface area (Å²) in [6.45, 7) is 2.79. The first-order valence-electron chi connectivity index (χ1n) is 4.99. The lowest BCUT2D eigenvalue weighted by molar-refractivity contribution is 1.19. The third-order valence-corrected chi connectivity index (χ3v) is 3.60. The van der Waals surface area contributed by atoms with Crippen molar-refractivity contribution in [1.82, 2.24) is 0 Å². The van der Waals surface area contributed by atoms with Gasteiger partial charge in [0, 0.05) is 22.8 Å². The van der Waals surface area contributed by atoms with Gasteiger partial charge in [0.2, 0.25) is 0 Å². The van der Waals surface area contributed by atoms with Crippen LogP contribution in [0.3, 0.4) is 0 Å². The van der Waals surface area contributed by atoms with Gasteiger partial charge in [-0.25, -0.2) is 0 Å². The first-order chi connectivity index (χ1) is 7.65. The van der Waals surface area contributed by atoms with Crippen LogP contribution in [0.15, 0.2) is 30.3 Å². The van der Waals surface area contributed by atoms with Crippen LogP contribution in [0.25, 0.3) is 0 Å². The van der Waals surface area contributed by atoms with Gasteiger partial charge in [-0.15, -0.1) is 11.3 Å². The molecule has 2 nitrogen and oxygen atoms in total. The van der Waals surface area contributed by atoms with E-state index >= 15 is 0 Å². The molecule has 4 heteroatoms. The number of rotatable bonds is 3. The summed E-state index contributed by atoms with van der Waals surface area (Å²) in [6, 6.07) is 9.89. The Morgan fingerprint density at radius 1 is 1.31 bits per heavy atom. The molecule has 3 N–H and O–H groups in total. The van der Waals surface area contributed by atoms with Crippen molar-refractivity contribution >= 4 is 34.3 Å². The summed E-state index contributed by atoms with van der Waals surface area (Å²) in [5.74, 6) is 0. The van der Waals surface area contributed by atoms with Crippen molar-refractivity contribution < 1.29 is 0 Å². The van der Waals surface area contributed by atoms with Crippen molar-refractivity contribution in [2.75, 3.05) is 11.1 Å². The zero-order valence-electron chi connectivity index (χ0n) is 8.96. The normalized spacial score (nSPS) is 10.4. The fourth-order valence-electron chi connectivity index (χ4n) is 1.42. The van der Waals surface area contributed by atoms with Crippen LogP contribution >= 0.6 is 22.9 Å². The number of nitrogens with one attached hydrogen (secondary N) is 1. The first kappa shape index (κ1) is 11.3. The Balaban J connectivity index is 2.02. The predicted octanol–water partition coefficient (Wildman–Crippen LogP) is 3.90. The Labute approximate surface area is 104 Å². The Kier molecular flexibility index (Phi) is 3.36. The number of anilines is 2. The number of nitrogens with two attached hydrogens (primary N) is 1. The van der Waals surface area contributed by atoms with Crippen LogP contribution in [0, 0.1) is 6.92 Å². The predicted molar refractivity (Wildman–Crippen MR) is 72.2 cm³/mol. The second-order valence-electron chi connectivity index (χ2n) is 3.63. The molecule has 0 atom stereocenters. The molecule has 0 aliphatic carbocycles. The van der Waals surface area contributed by atoms with Gasteiger partial charge in [-0.2, -0.15) is 0 Å². The smallest absolute Gasteiger partial charge is 0.0931 e. The highest BCUT2D eigenvalue weighted by Gasteiger charge is 1.99. The lowest BCUT2D eigenvalue weighted by Gasteiger charge is -2.07. The van der Waals surface area contributed by atoms with E-state index in [9.17, 15) is 0 Å². The zero-order chi connectivity index (χ0) is 11.5. The van der Waals surface area contributed by atoms with E-state index in [0.717, 1.165) is 27.8 Å². The van der Waals surface area contributed by atoms with Crippen LogP contribution in [0.4, 0.5) is 11.4 Å². The molecule has 0 unspecified atom stereocenters. The molecule has 0 radical (unpaired) electrons. The Morgan fingerprint density at radius 3 is 2.75 bits per heavy atom. The van der Waals surface area contributed by atoms with Crippen LogP contribution in [0.1, 0.15) is 10.4 Å². The lowest BCUT2D eigenvalue weighted by Crippen LogP contribution is -1.98. The minimum atomic E-state index is 0.792. The van der Waals surface area contributed by atoms with Gasteiger partial charge in [-0.1, -0.05) is 11.6 Å². The summed E-state index contributed by atoms with van der Waals surface area (Å²) in [5.41, 5.74) is 8.75. The molecule has 1 aromatic heterocycles. The number of aryl methyl sites for hydroxylation is 1. The Morgan fingerprint density at radius 2 is 2.12 bits per heavy atom. The van der Waals surface area contributed by atoms with E-state index in [1.54, 1.807) is 11.3 Å². The van der Waals surface area contributed by atoms with Crippen LogP contribution in [-0.4, -0.2) is 0 Å². The number of nitrogen functional groups attached to an aromatic ring is 1. The molecule has 1 heterocycles. The molecule has 0 bridgehead atoms. The fraction of sp³-hybridized carbons (Fsp3) is 0.167. The second kappa shape index (κ2) is 4.76. The molecular formula is C12H13ClN2S. The van der Waals surface area contributed by atoms with E-state index in [1.807, 2.05) is 37.3 Å². The fourth-order valence-corrected chi connectivity index (χ4v) is 2.45. The first-order valence-corrected chi connectivity index (χ1v) is 6.19. The molecular weight excluding hydrogens is 240 g/mol. The molecule has 0 aliphatic heterocycles. The largest absolute Gasteiger partial charge is 0.399 e. The molecule has 0 spiro atoms. The molecule has 2 aromatic rings. The molecule has 0 fully saturated rings. The van der Waals surface area contributed by atoms with Gasteiger partial charge < -0.3 is 11.1 Å². The summed E-state index contributed by atoms with van der Waals surface area (Å²) in [7, 11) is 0. The van der Waals surface area contributed by atoms with E-state index in [2.05, 4.69) is 5.32 Å². The van der Waals surface area contributed by atoms with Crippen molar-refractivity contribution in [3.05, 3.63) is 45.1 Å². The summed E-state index contributed by atoms with van der Waals surface area (Å²) >= 11 is 7.45. The number of thiophene rings is 1. The number of halogens is 1. The lowest BCUT2D eigenvalue weighted by atomic mass is 10.2. The minimum absolute atomic E-state index is 0.792. The SMILES string of the molecule is Cc1cc(NCc2ccc(Cl)s2)ccc1N. The third kappa shape index (κ3) is 2.68. The number of hydrogen-bond donors (Lipinski definition) is 2. The Bertz CT molecular complexity index is 494. The molecule has 16 heavy (non-hydrogen) atoms. The van der Waals surface area contributed by atoms with E-state index in [0.29, 0.717) is 0 Å². The standard InChI is InChI=1S/C12H13ClN2S/c1-8-6-9(2-4-11(8)14)15-7-10-3-5-12(13)16-10/h2-6,15H,7,14H2,1H3. The average Bonchev–Trinajstić information content (AvgIpc) is 2.66. The highest BCUT2D eigenvalue weighted by molar-refractivity contribution is 7.16. The van der Waals surface area contributed by atoms with Gasteiger partial charge >= 0.3 is 0 Å². The van der Waals surface area contributed by atoms with E-state index in [-0.39, 0.29) is 0 Å². The number of hydrogen-bond acceptors (Lipinski definition) is 3. The van der Waals surface area contributed by atoms with Gasteiger partial charge in [-0.3, -0.25) is 0 Å². The third-order valence-electron chi connectivity index (χ3n) is 2.37. The average molecular weight is 253 g/mol. The monoisotopic (exact) mass is 252 g/mol. The Hall–Kier alpha value is -1.19. The molecule has 1 aromatic carbocycles. The van der Waals surface area contributed by atoms with Crippen LogP contribution in [-0.2, 0) is 6.54 Å². The van der Waals surface area contributed by atoms with Crippen LogP contribution in [0.5, 0.6) is 0 Å². The summed E-state index contributed by atoms with van der Waals surface area (Å²) < 4.78 is 0.824. The van der Waals surface area contributed by atoms with Gasteiger partial charge in [-0.05, 0) is 42.8 Å². The van der Waals surface area contributed by atoms with E-state index in [1.165, 1.54) is 4.88 Å². The maximum atomic E-state index is 5.86. The van der Waals surface area contributed by atoms with Crippen molar-refractivity contribution in [2.45, 2.75) is 13.5 Å². The highest BCUT2D eigenvalue weighted by Crippen LogP contribution is 2.23. The molecule has 0 saturated carbocycles. The van der Waals surface area contributed by atoms with Gasteiger partial charge in [0.1, 0.15) is 0 Å². The molecule has 0 amide bonds. The van der Waals surface area contributed by atoms with Crippen molar-refractivity contribution in [1.29, 1.82) is 0 Å². The van der Waals surface area contributed by atoms with Gasteiger partial charge in [0.15, 0.2) is 0 Å². The summed E-state index contributed by atoms with van der Waals surface area (Å²) in [6.07, 6.45) is 0. The van der Waals surface area contributed by atoms with Gasteiger partial charge in [0.05, 0.1) is 4.34 Å². The summed E-state index contributed by atoms with van der Waals surface area (Å²) in [4.78, 5) is 1.22. The quantitative estimate of drug-likeness (QED) is 0.813. The maximum absolute atomic E-state index is 5.86. The summed E-state index contributed by atoms with van der Waals surface area (Å²) in [5, 5.41) is 3.34. The highest BCUT2D eigenvalue weighted by atomic mass is 35.5. The molecule has 0 aliphatic rings. The van der Waals surface area contributed by atoms with Crippen molar-refractivity contribution in [3.63, 3.8) is 0 Å². The molecule has 84 valence electrons. The molecule has 2 rings (SSSR count). The topological polar surface area (TPSA) is 38.0 Å². The van der Waals surface area contributed by atoms with Crippen molar-refractivity contribution in [3.8, 4) is 0 Å². The second-order valence-corrected chi connectivity index (χ2v) is 5.43.